The zero-order chi connectivity index (χ0) is 10.8. The number of thiophene rings is 1. The van der Waals surface area contributed by atoms with E-state index in [-0.39, 0.29) is 5.91 Å². The molecule has 0 bridgehead atoms. The van der Waals surface area contributed by atoms with Gasteiger partial charge in [-0.1, -0.05) is 15.9 Å². The minimum absolute atomic E-state index is 0.191. The van der Waals surface area contributed by atoms with Crippen LogP contribution in [0, 0.1) is 2.88 Å². The molecule has 1 atom stereocenters. The summed E-state index contributed by atoms with van der Waals surface area (Å²) in [5.74, 6) is 0.191. The van der Waals surface area contributed by atoms with E-state index in [0.29, 0.717) is 6.04 Å². The molecule has 82 valence electrons. The lowest BCUT2D eigenvalue weighted by atomic mass is 10.2. The summed E-state index contributed by atoms with van der Waals surface area (Å²) in [5.41, 5.74) is 0.845. The molecule has 2 nitrogen and oxygen atoms in total. The Hall–Kier alpha value is 0.380. The van der Waals surface area contributed by atoms with Crippen molar-refractivity contribution in [1.82, 2.24) is 4.90 Å². The number of carbonyl (C=O) groups excluding carboxylic acids is 1. The maximum atomic E-state index is 12.1. The van der Waals surface area contributed by atoms with Crippen molar-refractivity contribution in [3.05, 3.63) is 19.9 Å². The predicted octanol–water partition coefficient (Wildman–Crippen LogP) is 3.35. The highest BCUT2D eigenvalue weighted by atomic mass is 127. The Labute approximate surface area is 115 Å². The van der Waals surface area contributed by atoms with Gasteiger partial charge in [0.05, 0.1) is 8.45 Å². The highest BCUT2D eigenvalue weighted by molar-refractivity contribution is 14.1. The third kappa shape index (κ3) is 2.55. The largest absolute Gasteiger partial charge is 0.335 e. The first-order valence-corrected chi connectivity index (χ1v) is 7.91. The van der Waals surface area contributed by atoms with Gasteiger partial charge < -0.3 is 4.90 Å². The first kappa shape index (κ1) is 11.9. The summed E-state index contributed by atoms with van der Waals surface area (Å²) in [6, 6.07) is 2.35. The van der Waals surface area contributed by atoms with E-state index in [1.54, 1.807) is 11.3 Å². The highest BCUT2D eigenvalue weighted by Gasteiger charge is 2.28. The molecule has 0 aromatic carbocycles. The van der Waals surface area contributed by atoms with Crippen molar-refractivity contribution >= 4 is 55.8 Å². The summed E-state index contributed by atoms with van der Waals surface area (Å²) in [7, 11) is 0. The quantitative estimate of drug-likeness (QED) is 0.551. The topological polar surface area (TPSA) is 20.3 Å². The number of likely N-dealkylation sites (tertiary alicyclic amines) is 1. The number of hydrogen-bond acceptors (Lipinski definition) is 2. The number of nitrogens with zero attached hydrogens (tertiary/aromatic N) is 1. The maximum Gasteiger partial charge on any atom is 0.255 e. The van der Waals surface area contributed by atoms with Gasteiger partial charge in [0, 0.05) is 23.3 Å². The van der Waals surface area contributed by atoms with E-state index in [0.717, 1.165) is 30.3 Å². The lowest BCUT2D eigenvalue weighted by Crippen LogP contribution is -2.36. The summed E-state index contributed by atoms with van der Waals surface area (Å²) in [6.45, 7) is 0.904. The van der Waals surface area contributed by atoms with Gasteiger partial charge >= 0.3 is 0 Å². The van der Waals surface area contributed by atoms with Gasteiger partial charge in [0.1, 0.15) is 0 Å². The monoisotopic (exact) mass is 399 g/mol. The second-order valence-corrected chi connectivity index (χ2v) is 7.04. The van der Waals surface area contributed by atoms with Gasteiger partial charge in [-0.15, -0.1) is 11.3 Å². The molecule has 0 spiro atoms. The summed E-state index contributed by atoms with van der Waals surface area (Å²) in [5, 5.41) is 2.84. The SMILES string of the molecule is O=C(c1csc(I)c1)N1CCCC1CBr. The lowest BCUT2D eigenvalue weighted by molar-refractivity contribution is 0.0751. The zero-order valence-electron chi connectivity index (χ0n) is 8.08. The van der Waals surface area contributed by atoms with Crippen LogP contribution in [0.3, 0.4) is 0 Å². The minimum Gasteiger partial charge on any atom is -0.335 e. The van der Waals surface area contributed by atoms with Gasteiger partial charge in [-0.25, -0.2) is 0 Å². The van der Waals surface area contributed by atoms with Crippen LogP contribution in [-0.4, -0.2) is 28.7 Å². The van der Waals surface area contributed by atoms with Crippen molar-refractivity contribution < 1.29 is 4.79 Å². The molecule has 2 heterocycles. The van der Waals surface area contributed by atoms with E-state index in [1.807, 2.05) is 16.3 Å². The van der Waals surface area contributed by atoms with Crippen LogP contribution < -0.4 is 0 Å². The maximum absolute atomic E-state index is 12.1. The molecule has 1 saturated heterocycles. The fraction of sp³-hybridized carbons (Fsp3) is 0.500. The Kier molecular flexibility index (Phi) is 4.06. The number of hydrogen-bond donors (Lipinski definition) is 0. The molecule has 1 fully saturated rings. The van der Waals surface area contributed by atoms with E-state index in [1.165, 1.54) is 2.88 Å². The van der Waals surface area contributed by atoms with Crippen LogP contribution in [0.15, 0.2) is 11.4 Å². The van der Waals surface area contributed by atoms with E-state index >= 15 is 0 Å². The van der Waals surface area contributed by atoms with E-state index in [2.05, 4.69) is 38.5 Å². The molecule has 5 heteroatoms. The Balaban J connectivity index is 2.13. The van der Waals surface area contributed by atoms with Crippen LogP contribution in [0.5, 0.6) is 0 Å². The molecule has 1 aromatic rings. The molecule has 1 unspecified atom stereocenters. The van der Waals surface area contributed by atoms with Gasteiger partial charge in [-0.2, -0.15) is 0 Å². The van der Waals surface area contributed by atoms with Crippen LogP contribution in [0.4, 0.5) is 0 Å². The second-order valence-electron chi connectivity index (χ2n) is 3.59. The van der Waals surface area contributed by atoms with Crippen LogP contribution in [0.25, 0.3) is 0 Å². The van der Waals surface area contributed by atoms with Gasteiger partial charge in [0.15, 0.2) is 0 Å². The van der Waals surface area contributed by atoms with Gasteiger partial charge in [-0.05, 0) is 41.5 Å². The molecule has 0 radical (unpaired) electrons. The summed E-state index contributed by atoms with van der Waals surface area (Å²) in [4.78, 5) is 14.1. The second kappa shape index (κ2) is 5.14. The zero-order valence-corrected chi connectivity index (χ0v) is 12.6. The molecule has 0 saturated carbocycles. The molecule has 0 N–H and O–H groups in total. The third-order valence-corrected chi connectivity index (χ3v) is 5.17. The smallest absolute Gasteiger partial charge is 0.255 e. The van der Waals surface area contributed by atoms with Crippen molar-refractivity contribution in [1.29, 1.82) is 0 Å². The summed E-state index contributed by atoms with van der Waals surface area (Å²) >= 11 is 7.35. The van der Waals surface area contributed by atoms with Crippen molar-refractivity contribution in [2.24, 2.45) is 0 Å². The Morgan fingerprint density at radius 2 is 2.53 bits per heavy atom. The number of carbonyl (C=O) groups is 1. The number of alkyl halides is 1. The number of halogens is 2. The van der Waals surface area contributed by atoms with Crippen LogP contribution >= 0.6 is 49.9 Å². The molecule has 1 amide bonds. The fourth-order valence-electron chi connectivity index (χ4n) is 1.85. The molecule has 0 aliphatic carbocycles. The molecular weight excluding hydrogens is 389 g/mol. The normalized spacial score (nSPS) is 20.9. The van der Waals surface area contributed by atoms with Crippen LogP contribution in [-0.2, 0) is 0 Å². The summed E-state index contributed by atoms with van der Waals surface area (Å²) in [6.07, 6.45) is 2.25. The molecule has 2 rings (SSSR count). The average molecular weight is 400 g/mol. The van der Waals surface area contributed by atoms with Crippen LogP contribution in [0.1, 0.15) is 23.2 Å². The Bertz CT molecular complexity index is 368. The summed E-state index contributed by atoms with van der Waals surface area (Å²) < 4.78 is 1.17. The lowest BCUT2D eigenvalue weighted by Gasteiger charge is -2.22. The number of amides is 1. The van der Waals surface area contributed by atoms with E-state index in [9.17, 15) is 4.79 Å². The minimum atomic E-state index is 0.191. The molecule has 1 aliphatic heterocycles. The first-order chi connectivity index (χ1) is 7.22. The van der Waals surface area contributed by atoms with Crippen molar-refractivity contribution in [3.8, 4) is 0 Å². The standard InChI is InChI=1S/C10H11BrINOS/c11-5-8-2-1-3-13(8)10(14)7-4-9(12)15-6-7/h4,6,8H,1-3,5H2. The van der Waals surface area contributed by atoms with Gasteiger partial charge in [0.2, 0.25) is 0 Å². The van der Waals surface area contributed by atoms with Crippen molar-refractivity contribution in [2.45, 2.75) is 18.9 Å². The predicted molar refractivity (Wildman–Crippen MR) is 74.9 cm³/mol. The van der Waals surface area contributed by atoms with Crippen molar-refractivity contribution in [3.63, 3.8) is 0 Å². The average Bonchev–Trinajstić information content (AvgIpc) is 2.84. The van der Waals surface area contributed by atoms with Crippen molar-refractivity contribution in [2.75, 3.05) is 11.9 Å². The molecule has 1 aliphatic rings. The fourth-order valence-corrected chi connectivity index (χ4v) is 3.85. The first-order valence-electron chi connectivity index (χ1n) is 4.83. The molecular formula is C10H11BrINOS. The van der Waals surface area contributed by atoms with Crippen LogP contribution in [0.2, 0.25) is 0 Å². The van der Waals surface area contributed by atoms with E-state index in [4.69, 9.17) is 0 Å². The number of rotatable bonds is 2. The Morgan fingerprint density at radius 1 is 1.73 bits per heavy atom. The molecule has 15 heavy (non-hydrogen) atoms. The molecule has 1 aromatic heterocycles. The van der Waals surface area contributed by atoms with Gasteiger partial charge in [-0.3, -0.25) is 4.79 Å². The Morgan fingerprint density at radius 3 is 3.13 bits per heavy atom. The highest BCUT2D eigenvalue weighted by Crippen LogP contribution is 2.24. The van der Waals surface area contributed by atoms with Gasteiger partial charge in [0.25, 0.3) is 5.91 Å². The van der Waals surface area contributed by atoms with E-state index < -0.39 is 0 Å². The third-order valence-electron chi connectivity index (χ3n) is 2.63.